The molecular weight excluding hydrogens is 276 g/mol. The summed E-state index contributed by atoms with van der Waals surface area (Å²) in [6.45, 7) is 17.4. The Hall–Kier alpha value is -1.35. The lowest BCUT2D eigenvalue weighted by Gasteiger charge is -2.28. The molecule has 0 heterocycles. The van der Waals surface area contributed by atoms with Gasteiger partial charge in [0.2, 0.25) is 0 Å². The van der Waals surface area contributed by atoms with E-state index in [4.69, 9.17) is 4.74 Å². The van der Waals surface area contributed by atoms with Gasteiger partial charge in [-0.1, -0.05) is 43.7 Å². The summed E-state index contributed by atoms with van der Waals surface area (Å²) in [4.78, 5) is 11.2. The molecule has 0 aliphatic carbocycles. The van der Waals surface area contributed by atoms with Crippen molar-refractivity contribution < 1.29 is 9.53 Å². The highest BCUT2D eigenvalue weighted by Crippen LogP contribution is 2.29. The SMILES string of the molecule is C=CC[Si](CC=C)(CC=C)CCCCCOC(=O)C(=C)C. The fraction of sp³-hybridized carbons (Fsp3) is 0.500. The van der Waals surface area contributed by atoms with Crippen LogP contribution in [0.15, 0.2) is 50.1 Å². The third kappa shape index (κ3) is 8.51. The maximum absolute atomic E-state index is 11.2. The smallest absolute Gasteiger partial charge is 0.333 e. The van der Waals surface area contributed by atoms with Crippen LogP contribution in [0.4, 0.5) is 0 Å². The van der Waals surface area contributed by atoms with E-state index >= 15 is 0 Å². The molecule has 0 N–H and O–H groups in total. The minimum absolute atomic E-state index is 0.288. The van der Waals surface area contributed by atoms with Crippen molar-refractivity contribution >= 4 is 14.0 Å². The number of hydrogen-bond donors (Lipinski definition) is 0. The Morgan fingerprint density at radius 3 is 1.95 bits per heavy atom. The number of carbonyl (C=O) groups excluding carboxylic acids is 1. The summed E-state index contributed by atoms with van der Waals surface area (Å²) < 4.78 is 5.10. The quantitative estimate of drug-likeness (QED) is 0.152. The number of carbonyl (C=O) groups is 1. The summed E-state index contributed by atoms with van der Waals surface area (Å²) in [6.07, 6.45) is 9.32. The summed E-state index contributed by atoms with van der Waals surface area (Å²) in [7, 11) is -1.37. The van der Waals surface area contributed by atoms with Crippen molar-refractivity contribution in [3.8, 4) is 0 Å². The van der Waals surface area contributed by atoms with E-state index in [0.29, 0.717) is 12.2 Å². The predicted octanol–water partition coefficient (Wildman–Crippen LogP) is 5.28. The van der Waals surface area contributed by atoms with Gasteiger partial charge in [-0.15, -0.1) is 19.7 Å². The van der Waals surface area contributed by atoms with Crippen LogP contribution < -0.4 is 0 Å². The molecule has 0 aliphatic rings. The molecule has 0 saturated heterocycles. The molecule has 0 rings (SSSR count). The van der Waals surface area contributed by atoms with Gasteiger partial charge in [0.1, 0.15) is 0 Å². The van der Waals surface area contributed by atoms with Crippen molar-refractivity contribution in [3.63, 3.8) is 0 Å². The summed E-state index contributed by atoms with van der Waals surface area (Å²) in [5.41, 5.74) is 0.462. The third-order valence-electron chi connectivity index (χ3n) is 3.67. The predicted molar refractivity (Wildman–Crippen MR) is 95.2 cm³/mol. The molecule has 0 bridgehead atoms. The third-order valence-corrected chi connectivity index (χ3v) is 8.54. The van der Waals surface area contributed by atoms with Gasteiger partial charge in [0, 0.05) is 5.57 Å². The first-order valence-corrected chi connectivity index (χ1v) is 10.5. The molecule has 0 radical (unpaired) electrons. The van der Waals surface area contributed by atoms with Gasteiger partial charge in [-0.05, 0) is 31.5 Å². The molecule has 0 unspecified atom stereocenters. The summed E-state index contributed by atoms with van der Waals surface area (Å²) in [6, 6.07) is 4.62. The van der Waals surface area contributed by atoms with Gasteiger partial charge >= 0.3 is 5.97 Å². The van der Waals surface area contributed by atoms with Gasteiger partial charge in [0.25, 0.3) is 0 Å². The van der Waals surface area contributed by atoms with Crippen LogP contribution in [-0.2, 0) is 9.53 Å². The second-order valence-electron chi connectivity index (χ2n) is 5.71. The number of unbranched alkanes of at least 4 members (excludes halogenated alkanes) is 2. The van der Waals surface area contributed by atoms with Crippen molar-refractivity contribution in [1.29, 1.82) is 0 Å². The lowest BCUT2D eigenvalue weighted by molar-refractivity contribution is -0.139. The number of rotatable bonds is 13. The average molecular weight is 307 g/mol. The minimum atomic E-state index is -1.37. The second kappa shape index (κ2) is 11.3. The van der Waals surface area contributed by atoms with E-state index in [0.717, 1.165) is 31.0 Å². The normalized spacial score (nSPS) is 10.7. The average Bonchev–Trinajstić information content (AvgIpc) is 2.43. The summed E-state index contributed by atoms with van der Waals surface area (Å²) in [5.74, 6) is -0.288. The summed E-state index contributed by atoms with van der Waals surface area (Å²) >= 11 is 0. The molecule has 0 saturated carbocycles. The highest BCUT2D eigenvalue weighted by atomic mass is 28.3. The van der Waals surface area contributed by atoms with Crippen LogP contribution in [0.2, 0.25) is 24.2 Å². The molecule has 0 spiro atoms. The summed E-state index contributed by atoms with van der Waals surface area (Å²) in [5, 5.41) is 0. The maximum Gasteiger partial charge on any atom is 0.333 e. The molecule has 2 nitrogen and oxygen atoms in total. The Morgan fingerprint density at radius 1 is 1.00 bits per heavy atom. The van der Waals surface area contributed by atoms with Crippen LogP contribution >= 0.6 is 0 Å². The van der Waals surface area contributed by atoms with Crippen molar-refractivity contribution in [2.45, 2.75) is 50.4 Å². The van der Waals surface area contributed by atoms with Crippen LogP contribution in [0.5, 0.6) is 0 Å². The zero-order valence-corrected chi connectivity index (χ0v) is 14.5. The maximum atomic E-state index is 11.2. The van der Waals surface area contributed by atoms with Crippen LogP contribution in [0, 0.1) is 0 Å². The zero-order chi connectivity index (χ0) is 16.1. The van der Waals surface area contributed by atoms with E-state index in [1.807, 2.05) is 18.2 Å². The highest BCUT2D eigenvalue weighted by Gasteiger charge is 2.27. The molecule has 0 fully saturated rings. The Bertz CT molecular complexity index is 345. The Balaban J connectivity index is 4.10. The van der Waals surface area contributed by atoms with Gasteiger partial charge < -0.3 is 4.74 Å². The van der Waals surface area contributed by atoms with Gasteiger partial charge in [-0.25, -0.2) is 4.79 Å². The first kappa shape index (κ1) is 19.6. The molecule has 0 atom stereocenters. The molecule has 0 aromatic heterocycles. The first-order valence-electron chi connectivity index (χ1n) is 7.66. The van der Waals surface area contributed by atoms with E-state index in [2.05, 4.69) is 26.3 Å². The number of ether oxygens (including phenoxy) is 1. The number of hydrogen-bond acceptors (Lipinski definition) is 2. The molecule has 0 amide bonds. The van der Waals surface area contributed by atoms with Gasteiger partial charge in [0.05, 0.1) is 14.7 Å². The Kier molecular flexibility index (Phi) is 10.6. The fourth-order valence-corrected chi connectivity index (χ4v) is 6.49. The van der Waals surface area contributed by atoms with E-state index in [1.54, 1.807) is 6.92 Å². The first-order chi connectivity index (χ1) is 10.0. The fourth-order valence-electron chi connectivity index (χ4n) is 2.54. The van der Waals surface area contributed by atoms with Crippen molar-refractivity contribution in [2.75, 3.05) is 6.61 Å². The van der Waals surface area contributed by atoms with E-state index < -0.39 is 8.07 Å². The van der Waals surface area contributed by atoms with Crippen LogP contribution in [0.3, 0.4) is 0 Å². The van der Waals surface area contributed by atoms with Crippen LogP contribution in [-0.4, -0.2) is 20.7 Å². The molecule has 0 aromatic carbocycles. The standard InChI is InChI=1S/C18H30O2Si/c1-6-13-21(14-7-2,15-8-3)16-11-9-10-12-20-18(19)17(4)5/h6-8H,1-4,9-16H2,5H3. The number of esters is 1. The van der Waals surface area contributed by atoms with E-state index in [1.165, 1.54) is 12.5 Å². The molecule has 21 heavy (non-hydrogen) atoms. The number of allylic oxidation sites excluding steroid dienone is 3. The van der Waals surface area contributed by atoms with Crippen molar-refractivity contribution in [1.82, 2.24) is 0 Å². The molecule has 0 aromatic rings. The highest BCUT2D eigenvalue weighted by molar-refractivity contribution is 6.81. The van der Waals surface area contributed by atoms with Crippen molar-refractivity contribution in [2.24, 2.45) is 0 Å². The van der Waals surface area contributed by atoms with Crippen LogP contribution in [0.25, 0.3) is 0 Å². The van der Waals surface area contributed by atoms with Crippen LogP contribution in [0.1, 0.15) is 26.2 Å². The molecule has 0 aliphatic heterocycles. The Morgan fingerprint density at radius 2 is 1.52 bits per heavy atom. The van der Waals surface area contributed by atoms with Gasteiger partial charge in [-0.2, -0.15) is 0 Å². The molecular formula is C18H30O2Si. The van der Waals surface area contributed by atoms with E-state index in [9.17, 15) is 4.79 Å². The largest absolute Gasteiger partial charge is 0.462 e. The lowest BCUT2D eigenvalue weighted by Crippen LogP contribution is -2.31. The minimum Gasteiger partial charge on any atom is -0.462 e. The topological polar surface area (TPSA) is 26.3 Å². The monoisotopic (exact) mass is 306 g/mol. The van der Waals surface area contributed by atoms with Crippen molar-refractivity contribution in [3.05, 3.63) is 50.1 Å². The Labute approximate surface area is 131 Å². The molecule has 3 heteroatoms. The van der Waals surface area contributed by atoms with Gasteiger partial charge in [-0.3, -0.25) is 0 Å². The lowest BCUT2D eigenvalue weighted by atomic mass is 10.3. The second-order valence-corrected chi connectivity index (χ2v) is 10.4. The zero-order valence-electron chi connectivity index (χ0n) is 13.5. The molecule has 118 valence electrons. The van der Waals surface area contributed by atoms with E-state index in [-0.39, 0.29) is 5.97 Å². The van der Waals surface area contributed by atoms with Gasteiger partial charge in [0.15, 0.2) is 0 Å².